The van der Waals surface area contributed by atoms with Gasteiger partial charge in [-0.05, 0) is 57.2 Å². The highest BCUT2D eigenvalue weighted by Gasteiger charge is 2.33. The van der Waals surface area contributed by atoms with Gasteiger partial charge < -0.3 is 9.73 Å². The largest absolute Gasteiger partial charge is 0.465 e. The van der Waals surface area contributed by atoms with E-state index in [0.29, 0.717) is 18.0 Å². The first-order valence-corrected chi connectivity index (χ1v) is 10.6. The first-order chi connectivity index (χ1) is 12.7. The Balaban J connectivity index is 1.23. The van der Waals surface area contributed by atoms with Gasteiger partial charge in [0.05, 0.1) is 12.5 Å². The Kier molecular flexibility index (Phi) is 5.65. The minimum atomic E-state index is 0.206. The standard InChI is InChI=1S/C21H33N3O2/c1-2-19-7-8-20(26-19)15-23-12-9-18(10-13-23)24-11-3-4-16(14-24)21(25)22-17-5-6-17/h7-8,16-18H,2-6,9-15H2,1H3,(H,22,25). The van der Waals surface area contributed by atoms with Gasteiger partial charge in [0.1, 0.15) is 11.5 Å². The number of rotatable bonds is 6. The molecular formula is C21H33N3O2. The summed E-state index contributed by atoms with van der Waals surface area (Å²) in [5.74, 6) is 2.69. The quantitative estimate of drug-likeness (QED) is 0.848. The fourth-order valence-electron chi connectivity index (χ4n) is 4.46. The first kappa shape index (κ1) is 18.1. The Labute approximate surface area is 157 Å². The predicted octanol–water partition coefficient (Wildman–Crippen LogP) is 2.80. The zero-order valence-electron chi connectivity index (χ0n) is 16.1. The Morgan fingerprint density at radius 2 is 1.88 bits per heavy atom. The van der Waals surface area contributed by atoms with Gasteiger partial charge in [0.25, 0.3) is 0 Å². The van der Waals surface area contributed by atoms with E-state index in [1.165, 1.54) is 25.7 Å². The third-order valence-electron chi connectivity index (χ3n) is 6.27. The number of nitrogens with zero attached hydrogens (tertiary/aromatic N) is 2. The van der Waals surface area contributed by atoms with Crippen LogP contribution in [0.4, 0.5) is 0 Å². The third kappa shape index (κ3) is 4.49. The lowest BCUT2D eigenvalue weighted by atomic mass is 9.93. The molecule has 1 aliphatic carbocycles. The zero-order valence-corrected chi connectivity index (χ0v) is 16.1. The lowest BCUT2D eigenvalue weighted by Gasteiger charge is -2.41. The van der Waals surface area contributed by atoms with Crippen molar-refractivity contribution in [2.45, 2.75) is 70.5 Å². The normalized spacial score (nSPS) is 26.1. The lowest BCUT2D eigenvalue weighted by Crippen LogP contribution is -2.50. The van der Waals surface area contributed by atoms with Gasteiger partial charge in [-0.2, -0.15) is 0 Å². The number of amides is 1. The second-order valence-corrected chi connectivity index (χ2v) is 8.35. The molecule has 1 aromatic heterocycles. The maximum absolute atomic E-state index is 12.4. The number of hydrogen-bond acceptors (Lipinski definition) is 4. The molecule has 1 aromatic rings. The number of carbonyl (C=O) groups excluding carboxylic acids is 1. The van der Waals surface area contributed by atoms with Crippen LogP contribution in [0.1, 0.15) is 57.0 Å². The van der Waals surface area contributed by atoms with E-state index in [0.717, 1.165) is 63.5 Å². The SMILES string of the molecule is CCc1ccc(CN2CCC(N3CCCC(C(=O)NC4CC4)C3)CC2)o1. The number of nitrogens with one attached hydrogen (secondary N) is 1. The summed E-state index contributed by atoms with van der Waals surface area (Å²) in [4.78, 5) is 17.5. The average molecular weight is 360 g/mol. The van der Waals surface area contributed by atoms with Crippen LogP contribution in [0.5, 0.6) is 0 Å². The maximum Gasteiger partial charge on any atom is 0.224 e. The van der Waals surface area contributed by atoms with Gasteiger partial charge in [-0.3, -0.25) is 14.6 Å². The Bertz CT molecular complexity index is 602. The van der Waals surface area contributed by atoms with Crippen molar-refractivity contribution in [1.29, 1.82) is 0 Å². The Hall–Kier alpha value is -1.33. The van der Waals surface area contributed by atoms with E-state index in [1.54, 1.807) is 0 Å². The molecule has 1 amide bonds. The molecule has 0 bridgehead atoms. The maximum atomic E-state index is 12.4. The summed E-state index contributed by atoms with van der Waals surface area (Å²) in [6, 6.07) is 5.35. The topological polar surface area (TPSA) is 48.7 Å². The molecule has 0 spiro atoms. The lowest BCUT2D eigenvalue weighted by molar-refractivity contribution is -0.127. The van der Waals surface area contributed by atoms with Crippen molar-refractivity contribution in [2.24, 2.45) is 5.92 Å². The molecule has 144 valence electrons. The van der Waals surface area contributed by atoms with Crippen LogP contribution < -0.4 is 5.32 Å². The number of carbonyl (C=O) groups is 1. The monoisotopic (exact) mass is 359 g/mol. The molecule has 1 atom stereocenters. The number of piperidine rings is 2. The number of aryl methyl sites for hydroxylation is 1. The summed E-state index contributed by atoms with van der Waals surface area (Å²) in [5.41, 5.74) is 0. The van der Waals surface area contributed by atoms with Gasteiger partial charge >= 0.3 is 0 Å². The highest BCUT2D eigenvalue weighted by Crippen LogP contribution is 2.26. The first-order valence-electron chi connectivity index (χ1n) is 10.6. The zero-order chi connectivity index (χ0) is 17.9. The third-order valence-corrected chi connectivity index (χ3v) is 6.27. The number of likely N-dealkylation sites (tertiary alicyclic amines) is 2. The van der Waals surface area contributed by atoms with E-state index in [4.69, 9.17) is 4.42 Å². The minimum absolute atomic E-state index is 0.206. The molecule has 0 aromatic carbocycles. The number of hydrogen-bond donors (Lipinski definition) is 1. The second-order valence-electron chi connectivity index (χ2n) is 8.35. The summed E-state index contributed by atoms with van der Waals surface area (Å²) >= 11 is 0. The van der Waals surface area contributed by atoms with E-state index in [9.17, 15) is 4.79 Å². The van der Waals surface area contributed by atoms with Crippen LogP contribution in [0.25, 0.3) is 0 Å². The van der Waals surface area contributed by atoms with Gasteiger partial charge in [-0.1, -0.05) is 6.92 Å². The van der Waals surface area contributed by atoms with Crippen LogP contribution in [-0.2, 0) is 17.8 Å². The van der Waals surface area contributed by atoms with Gasteiger partial charge in [0.15, 0.2) is 0 Å². The molecular weight excluding hydrogens is 326 g/mol. The van der Waals surface area contributed by atoms with Crippen LogP contribution >= 0.6 is 0 Å². The molecule has 5 nitrogen and oxygen atoms in total. The van der Waals surface area contributed by atoms with Gasteiger partial charge in [0.2, 0.25) is 5.91 Å². The van der Waals surface area contributed by atoms with Crippen LogP contribution in [0.15, 0.2) is 16.5 Å². The minimum Gasteiger partial charge on any atom is -0.465 e. The van der Waals surface area contributed by atoms with Crippen molar-refractivity contribution < 1.29 is 9.21 Å². The predicted molar refractivity (Wildman–Crippen MR) is 102 cm³/mol. The molecule has 1 saturated carbocycles. The average Bonchev–Trinajstić information content (AvgIpc) is 3.38. The van der Waals surface area contributed by atoms with E-state index in [1.807, 2.05) is 0 Å². The Morgan fingerprint density at radius 1 is 1.12 bits per heavy atom. The van der Waals surface area contributed by atoms with Crippen LogP contribution in [0.2, 0.25) is 0 Å². The summed E-state index contributed by atoms with van der Waals surface area (Å²) < 4.78 is 5.86. The molecule has 2 aliphatic heterocycles. The van der Waals surface area contributed by atoms with Crippen molar-refractivity contribution >= 4 is 5.91 Å². The number of furan rings is 1. The smallest absolute Gasteiger partial charge is 0.224 e. The van der Waals surface area contributed by atoms with Crippen LogP contribution in [0, 0.1) is 5.92 Å². The Morgan fingerprint density at radius 3 is 2.58 bits per heavy atom. The molecule has 4 rings (SSSR count). The molecule has 1 N–H and O–H groups in total. The molecule has 0 radical (unpaired) electrons. The summed E-state index contributed by atoms with van der Waals surface area (Å²) in [7, 11) is 0. The van der Waals surface area contributed by atoms with Crippen molar-refractivity contribution in [2.75, 3.05) is 26.2 Å². The molecule has 3 heterocycles. The van der Waals surface area contributed by atoms with Crippen molar-refractivity contribution in [1.82, 2.24) is 15.1 Å². The molecule has 2 saturated heterocycles. The summed E-state index contributed by atoms with van der Waals surface area (Å²) in [5, 5.41) is 3.20. The highest BCUT2D eigenvalue weighted by atomic mass is 16.3. The van der Waals surface area contributed by atoms with E-state index >= 15 is 0 Å². The molecule has 26 heavy (non-hydrogen) atoms. The fourth-order valence-corrected chi connectivity index (χ4v) is 4.46. The summed E-state index contributed by atoms with van der Waals surface area (Å²) in [6.45, 7) is 7.44. The highest BCUT2D eigenvalue weighted by molar-refractivity contribution is 5.79. The molecule has 5 heteroatoms. The van der Waals surface area contributed by atoms with E-state index in [2.05, 4.69) is 34.2 Å². The summed E-state index contributed by atoms with van der Waals surface area (Å²) in [6.07, 6.45) is 7.95. The van der Waals surface area contributed by atoms with Crippen molar-refractivity contribution in [3.63, 3.8) is 0 Å². The van der Waals surface area contributed by atoms with Crippen LogP contribution in [0.3, 0.4) is 0 Å². The van der Waals surface area contributed by atoms with E-state index in [-0.39, 0.29) is 5.92 Å². The molecule has 3 fully saturated rings. The van der Waals surface area contributed by atoms with Crippen molar-refractivity contribution in [3.05, 3.63) is 23.7 Å². The molecule has 1 unspecified atom stereocenters. The van der Waals surface area contributed by atoms with Gasteiger partial charge in [0, 0.05) is 38.1 Å². The van der Waals surface area contributed by atoms with Crippen LogP contribution in [-0.4, -0.2) is 54.0 Å². The second kappa shape index (κ2) is 8.13. The molecule has 3 aliphatic rings. The van der Waals surface area contributed by atoms with Crippen molar-refractivity contribution in [3.8, 4) is 0 Å². The van der Waals surface area contributed by atoms with E-state index < -0.39 is 0 Å². The van der Waals surface area contributed by atoms with Gasteiger partial charge in [-0.15, -0.1) is 0 Å². The van der Waals surface area contributed by atoms with Gasteiger partial charge in [-0.25, -0.2) is 0 Å². The fraction of sp³-hybridized carbons (Fsp3) is 0.762.